The summed E-state index contributed by atoms with van der Waals surface area (Å²) in [6.07, 6.45) is 4.48. The van der Waals surface area contributed by atoms with E-state index in [-0.39, 0.29) is 81.9 Å². The molecule has 106 heavy (non-hydrogen) atoms. The molecular formula is C67H96N22O17. The molecule has 0 bridgehead atoms. The van der Waals surface area contributed by atoms with Crippen LogP contribution in [0, 0.1) is 11.3 Å². The Morgan fingerprint density at radius 1 is 0.566 bits per heavy atom. The van der Waals surface area contributed by atoms with Crippen LogP contribution in [0.15, 0.2) is 79.6 Å². The number of primary amides is 2. The number of phenols is 1. The molecule has 576 valence electrons. The number of aromatic hydroxyl groups is 1. The highest BCUT2D eigenvalue weighted by molar-refractivity contribution is 6.01. The lowest BCUT2D eigenvalue weighted by Crippen LogP contribution is -2.62. The van der Waals surface area contributed by atoms with Crippen LogP contribution >= 0.6 is 0 Å². The zero-order chi connectivity index (χ0) is 78.3. The summed E-state index contributed by atoms with van der Waals surface area (Å²) < 4.78 is 0. The molecule has 3 heterocycles. The van der Waals surface area contributed by atoms with Gasteiger partial charge < -0.3 is 111 Å². The van der Waals surface area contributed by atoms with Gasteiger partial charge in [0.1, 0.15) is 78.3 Å². The number of aromatic nitrogens is 4. The second-order valence-electron chi connectivity index (χ2n) is 25.6. The van der Waals surface area contributed by atoms with Crippen LogP contribution in [0.2, 0.25) is 0 Å². The molecule has 15 amide bonds. The Morgan fingerprint density at radius 3 is 1.63 bits per heavy atom. The van der Waals surface area contributed by atoms with Crippen LogP contribution in [-0.2, 0) is 97.6 Å². The zero-order valence-electron chi connectivity index (χ0n) is 59.5. The predicted octanol–water partition coefficient (Wildman–Crippen LogP) is -6.71. The largest absolute Gasteiger partial charge is 0.508 e. The Kier molecular flexibility index (Phi) is 33.4. The maximum absolute atomic E-state index is 14.8. The van der Waals surface area contributed by atoms with Gasteiger partial charge in [0.2, 0.25) is 88.6 Å². The van der Waals surface area contributed by atoms with Crippen molar-refractivity contribution in [3.63, 3.8) is 0 Å². The smallest absolute Gasteiger partial charge is 0.246 e. The molecule has 1 aliphatic rings. The number of carbonyl (C=O) groups is 15. The summed E-state index contributed by atoms with van der Waals surface area (Å²) in [5.74, 6) is -14.7. The number of nitrogens with two attached hydrogens (primary N) is 3. The Morgan fingerprint density at radius 2 is 1.08 bits per heavy atom. The first kappa shape index (κ1) is 84.6. The lowest BCUT2D eigenvalue weighted by atomic mass is 9.99. The van der Waals surface area contributed by atoms with Gasteiger partial charge in [0, 0.05) is 58.1 Å². The number of aromatic amines is 2. The first-order valence-corrected chi connectivity index (χ1v) is 34.2. The molecule has 1 aliphatic heterocycles. The van der Waals surface area contributed by atoms with E-state index in [4.69, 9.17) is 22.6 Å². The van der Waals surface area contributed by atoms with Gasteiger partial charge in [-0.2, -0.15) is 0 Å². The van der Waals surface area contributed by atoms with Gasteiger partial charge in [0.05, 0.1) is 43.6 Å². The topological polar surface area (TPSA) is 615 Å². The normalized spacial score (nSPS) is 15.5. The minimum atomic E-state index is -1.86. The predicted molar refractivity (Wildman–Crippen MR) is 377 cm³/mol. The van der Waals surface area contributed by atoms with E-state index in [1.165, 1.54) is 81.9 Å². The molecule has 1 unspecified atom stereocenters. The number of phenolic OH excluding ortho intramolecular Hbond substituents is 1. The van der Waals surface area contributed by atoms with E-state index in [0.717, 1.165) is 0 Å². The minimum absolute atomic E-state index is 0.0361. The number of aliphatic hydroxyl groups is 1. The Hall–Kier alpha value is -12.1. The van der Waals surface area contributed by atoms with Gasteiger partial charge in [-0.25, -0.2) is 9.97 Å². The molecule has 39 heteroatoms. The van der Waals surface area contributed by atoms with Crippen LogP contribution in [0.3, 0.4) is 0 Å². The van der Waals surface area contributed by atoms with Gasteiger partial charge in [0.25, 0.3) is 0 Å². The number of aliphatic hydroxyl groups excluding tert-OH is 1. The van der Waals surface area contributed by atoms with Gasteiger partial charge >= 0.3 is 0 Å². The summed E-state index contributed by atoms with van der Waals surface area (Å²) in [6.45, 7) is 6.82. The molecule has 0 aliphatic carbocycles. The molecule has 0 spiro atoms. The number of H-pyrrole nitrogens is 2. The average molecular weight is 1480 g/mol. The fraction of sp³-hybridized carbons (Fsp3) is 0.493. The van der Waals surface area contributed by atoms with Crippen molar-refractivity contribution < 1.29 is 82.1 Å². The molecule has 5 rings (SSSR count). The number of nitrogens with zero attached hydrogens (tertiary/aromatic N) is 3. The third-order valence-electron chi connectivity index (χ3n) is 16.7. The van der Waals surface area contributed by atoms with E-state index in [0.29, 0.717) is 23.2 Å². The summed E-state index contributed by atoms with van der Waals surface area (Å²) >= 11 is 0. The summed E-state index contributed by atoms with van der Waals surface area (Å²) in [5, 5.41) is 60.2. The maximum atomic E-state index is 14.8. The quantitative estimate of drug-likeness (QED) is 0.0111. The average Bonchev–Trinajstić information content (AvgIpc) is 1.56. The molecule has 1 saturated heterocycles. The first-order valence-electron chi connectivity index (χ1n) is 34.2. The number of likely N-dealkylation sites (tertiary alicyclic amines) is 1. The van der Waals surface area contributed by atoms with Crippen molar-refractivity contribution in [3.8, 4) is 5.75 Å². The van der Waals surface area contributed by atoms with Crippen LogP contribution < -0.4 is 86.3 Å². The Labute approximate surface area is 609 Å². The van der Waals surface area contributed by atoms with Crippen LogP contribution in [0.1, 0.15) is 103 Å². The number of guanidine groups is 1. The number of amides is 15. The van der Waals surface area contributed by atoms with Crippen molar-refractivity contribution in [1.82, 2.24) is 94.0 Å². The minimum Gasteiger partial charge on any atom is -0.508 e. The van der Waals surface area contributed by atoms with Crippen molar-refractivity contribution >= 4 is 94.6 Å². The van der Waals surface area contributed by atoms with E-state index in [2.05, 4.69) is 89.1 Å². The fourth-order valence-electron chi connectivity index (χ4n) is 11.1. The van der Waals surface area contributed by atoms with Crippen molar-refractivity contribution in [2.45, 2.75) is 178 Å². The summed E-state index contributed by atoms with van der Waals surface area (Å²) in [7, 11) is 0. The summed E-state index contributed by atoms with van der Waals surface area (Å²) in [4.78, 5) is 219. The third-order valence-corrected chi connectivity index (χ3v) is 16.7. The van der Waals surface area contributed by atoms with E-state index in [1.54, 1.807) is 44.2 Å². The van der Waals surface area contributed by atoms with Crippen LogP contribution in [-0.4, -0.2) is 228 Å². The number of carbonyl (C=O) groups excluding carboxylic acids is 15. The highest BCUT2D eigenvalue weighted by atomic mass is 16.3. The monoisotopic (exact) mass is 1480 g/mol. The fourth-order valence-corrected chi connectivity index (χ4v) is 11.1. The maximum Gasteiger partial charge on any atom is 0.246 e. The van der Waals surface area contributed by atoms with Crippen molar-refractivity contribution in [2.24, 2.45) is 23.1 Å². The van der Waals surface area contributed by atoms with E-state index >= 15 is 0 Å². The molecule has 39 nitrogen and oxygen atoms in total. The van der Waals surface area contributed by atoms with Gasteiger partial charge in [-0.05, 0) is 75.1 Å². The van der Waals surface area contributed by atoms with Crippen molar-refractivity contribution in [1.29, 1.82) is 5.41 Å². The molecular weight excluding hydrogens is 1380 g/mol. The number of hydrogen-bond donors (Lipinski definition) is 21. The summed E-state index contributed by atoms with van der Waals surface area (Å²) in [6, 6.07) is -2.95. The van der Waals surface area contributed by atoms with Gasteiger partial charge in [-0.1, -0.05) is 63.2 Å². The van der Waals surface area contributed by atoms with Crippen LogP contribution in [0.25, 0.3) is 0 Å². The first-order chi connectivity index (χ1) is 50.3. The molecule has 2 aromatic heterocycles. The lowest BCUT2D eigenvalue weighted by Gasteiger charge is -2.31. The molecule has 2 aromatic carbocycles. The van der Waals surface area contributed by atoms with Crippen molar-refractivity contribution in [3.05, 3.63) is 102 Å². The van der Waals surface area contributed by atoms with Crippen molar-refractivity contribution in [2.75, 3.05) is 26.2 Å². The second kappa shape index (κ2) is 41.9. The Balaban J connectivity index is 1.27. The van der Waals surface area contributed by atoms with Crippen LogP contribution in [0.4, 0.5) is 0 Å². The van der Waals surface area contributed by atoms with E-state index < -0.39 is 187 Å². The molecule has 4 aromatic rings. The molecule has 1 fully saturated rings. The van der Waals surface area contributed by atoms with Gasteiger partial charge in [0.15, 0.2) is 5.96 Å². The number of imidazole rings is 2. The zero-order valence-corrected chi connectivity index (χ0v) is 59.5. The highest BCUT2D eigenvalue weighted by Gasteiger charge is 2.41. The third kappa shape index (κ3) is 27.6. The number of nitrogens with one attached hydrogen (secondary N) is 16. The van der Waals surface area contributed by atoms with E-state index in [9.17, 15) is 82.1 Å². The Bertz CT molecular complexity index is 3710. The summed E-state index contributed by atoms with van der Waals surface area (Å²) in [5.41, 5.74) is 18.2. The van der Waals surface area contributed by atoms with Gasteiger partial charge in [-0.3, -0.25) is 77.3 Å². The highest BCUT2D eigenvalue weighted by Crippen LogP contribution is 2.21. The SMILES string of the molecule is CCC(NC(=O)[C@H](CO)NC(=O)CNC(=O)[C@H](Cc1c[nH]cn1)NC(=O)[C@H](CCCNC(=N)N)NC(=O)[C@H](C)NC(C)=O)C(=O)N[C@@H](CC(N)=O)C(=O)N[C@@H](Cc1ccc(O)cc1)C(=O)N[C@H](C(=O)N[C@@H](Cc1ccccc1)C(=O)N1CCC[C@H]1C(=O)N[C@@H](C)C(=O)N[C@@H](Cc1c[nH]cn1)C(N)=O)C(C)C. The number of benzene rings is 2. The number of hydrogen-bond acceptors (Lipinski definition) is 20. The standard InChI is InChI=1S/C67H96N22O17/c1-7-43(81-63(103)50(31-90)80-53(94)30-75-58(98)47(26-41-29-73-33-77-41)85-60(100)44(15-11-21-74-67(70)71)82-56(96)35(4)78-37(6)91)59(99)86-48(27-52(68)93)61(101)84-46(23-39-17-19-42(92)20-18-39)62(102)88-54(34(2)3)65(105)87-49(24-38-13-9-8-10-14-38)66(106)89-22-12-16-51(89)64(104)79-36(5)57(97)83-45(55(69)95)25-40-28-72-32-76-40/h8-10,13-14,17-20,28-29,32-36,43-51,54,90,92H,7,11-12,15-16,21-27,30-31H2,1-6H3,(H2,68,93)(H2,69,95)(H,72,76)(H,73,77)(H,75,98)(H,78,91)(H,79,104)(H,80,94)(H,81,103)(H,82,96)(H,83,97)(H,84,101)(H,85,100)(H,86,99)(H,87,105)(H,88,102)(H4,70,71,74)/t35-,36-,43?,44-,45-,46-,47-,48-,49-,50-,51-,54-/m0/s1. The molecule has 12 atom stereocenters. The molecule has 24 N–H and O–H groups in total. The number of rotatable bonds is 42. The van der Waals surface area contributed by atoms with Crippen LogP contribution in [0.5, 0.6) is 5.75 Å². The molecule has 0 saturated carbocycles. The van der Waals surface area contributed by atoms with Gasteiger partial charge in [-0.15, -0.1) is 0 Å². The molecule has 0 radical (unpaired) electrons. The van der Waals surface area contributed by atoms with E-state index in [1.807, 2.05) is 0 Å². The second-order valence-corrected chi connectivity index (χ2v) is 25.6. The lowest BCUT2D eigenvalue weighted by molar-refractivity contribution is -0.142.